The molecule has 0 spiro atoms. The number of rotatable bonds is 3. The van der Waals surface area contributed by atoms with Gasteiger partial charge in [-0.15, -0.1) is 22.9 Å². The third-order valence-corrected chi connectivity index (χ3v) is 5.18. The molecular formula is C15H14BrClN2S. The fourth-order valence-electron chi connectivity index (χ4n) is 2.37. The summed E-state index contributed by atoms with van der Waals surface area (Å²) in [7, 11) is 0. The Morgan fingerprint density at radius 1 is 1.45 bits per heavy atom. The van der Waals surface area contributed by atoms with Crippen LogP contribution in [0.15, 0.2) is 34.1 Å². The van der Waals surface area contributed by atoms with Gasteiger partial charge in [-0.1, -0.05) is 12.1 Å². The van der Waals surface area contributed by atoms with E-state index in [0.29, 0.717) is 0 Å². The van der Waals surface area contributed by atoms with Crippen molar-refractivity contribution in [2.45, 2.75) is 25.8 Å². The zero-order chi connectivity index (χ0) is 14.3. The summed E-state index contributed by atoms with van der Waals surface area (Å²) in [5, 5.41) is 1.99. The number of alkyl halides is 1. The van der Waals surface area contributed by atoms with Gasteiger partial charge in [-0.2, -0.15) is 0 Å². The Morgan fingerprint density at radius 2 is 2.25 bits per heavy atom. The van der Waals surface area contributed by atoms with Crippen LogP contribution in [-0.4, -0.2) is 9.55 Å². The first-order chi connectivity index (χ1) is 9.56. The Kier molecular flexibility index (Phi) is 3.89. The highest BCUT2D eigenvalue weighted by molar-refractivity contribution is 9.10. The van der Waals surface area contributed by atoms with E-state index in [9.17, 15) is 0 Å². The summed E-state index contributed by atoms with van der Waals surface area (Å²) in [6, 6.07) is 8.42. The minimum atomic E-state index is -0.106. The van der Waals surface area contributed by atoms with Crippen molar-refractivity contribution >= 4 is 49.9 Å². The lowest BCUT2D eigenvalue weighted by atomic mass is 10.2. The van der Waals surface area contributed by atoms with Gasteiger partial charge in [0.05, 0.1) is 23.0 Å². The first-order valence-electron chi connectivity index (χ1n) is 6.39. The van der Waals surface area contributed by atoms with Crippen molar-refractivity contribution in [3.8, 4) is 0 Å². The second kappa shape index (κ2) is 5.51. The standard InChI is InChI=1S/C15H14BrClN2S/c1-9-4-3-5-13-14(9)18-15(10(2)17)19(13)7-12-6-11(16)8-20-12/h3-6,8,10H,7H2,1-2H3. The predicted molar refractivity (Wildman–Crippen MR) is 89.9 cm³/mol. The number of fused-ring (bicyclic) bond motifs is 1. The van der Waals surface area contributed by atoms with E-state index in [1.165, 1.54) is 10.4 Å². The number of imidazole rings is 1. The van der Waals surface area contributed by atoms with Gasteiger partial charge >= 0.3 is 0 Å². The van der Waals surface area contributed by atoms with Gasteiger partial charge in [0, 0.05) is 14.7 Å². The smallest absolute Gasteiger partial charge is 0.128 e. The lowest BCUT2D eigenvalue weighted by molar-refractivity contribution is 0.750. The van der Waals surface area contributed by atoms with Gasteiger partial charge in [0.1, 0.15) is 5.82 Å². The average molecular weight is 370 g/mol. The molecule has 2 heterocycles. The van der Waals surface area contributed by atoms with Crippen LogP contribution in [0.5, 0.6) is 0 Å². The van der Waals surface area contributed by atoms with E-state index in [1.54, 1.807) is 11.3 Å². The van der Waals surface area contributed by atoms with E-state index < -0.39 is 0 Å². The molecule has 1 unspecified atom stereocenters. The molecule has 0 radical (unpaired) electrons. The van der Waals surface area contributed by atoms with Gasteiger partial charge in [-0.3, -0.25) is 0 Å². The first-order valence-corrected chi connectivity index (χ1v) is 8.50. The normalized spacial score (nSPS) is 13.0. The summed E-state index contributed by atoms with van der Waals surface area (Å²) in [6.07, 6.45) is 0. The number of hydrogen-bond donors (Lipinski definition) is 0. The van der Waals surface area contributed by atoms with Crippen molar-refractivity contribution in [3.63, 3.8) is 0 Å². The van der Waals surface area contributed by atoms with Crippen LogP contribution in [0.2, 0.25) is 0 Å². The average Bonchev–Trinajstić information content (AvgIpc) is 2.96. The molecule has 0 amide bonds. The highest BCUT2D eigenvalue weighted by Gasteiger charge is 2.16. The quantitative estimate of drug-likeness (QED) is 0.556. The first kappa shape index (κ1) is 14.1. The maximum Gasteiger partial charge on any atom is 0.128 e. The number of halogens is 2. The topological polar surface area (TPSA) is 17.8 Å². The monoisotopic (exact) mass is 368 g/mol. The Balaban J connectivity index is 2.16. The molecule has 0 aliphatic rings. The van der Waals surface area contributed by atoms with Gasteiger partial charge in [-0.25, -0.2) is 4.98 Å². The molecular weight excluding hydrogens is 356 g/mol. The maximum absolute atomic E-state index is 6.31. The molecule has 0 fully saturated rings. The van der Waals surface area contributed by atoms with Gasteiger partial charge in [0.25, 0.3) is 0 Å². The fraction of sp³-hybridized carbons (Fsp3) is 0.267. The van der Waals surface area contributed by atoms with Crippen LogP contribution in [-0.2, 0) is 6.54 Å². The van der Waals surface area contributed by atoms with Gasteiger partial charge in [0.2, 0.25) is 0 Å². The summed E-state index contributed by atoms with van der Waals surface area (Å²) in [6.45, 7) is 4.87. The molecule has 104 valence electrons. The molecule has 0 saturated carbocycles. The Labute approximate surface area is 135 Å². The lowest BCUT2D eigenvalue weighted by Crippen LogP contribution is -2.04. The Bertz CT molecular complexity index is 760. The van der Waals surface area contributed by atoms with Gasteiger partial charge in [0.15, 0.2) is 0 Å². The Morgan fingerprint density at radius 3 is 2.90 bits per heavy atom. The van der Waals surface area contributed by atoms with E-state index in [0.717, 1.165) is 27.9 Å². The molecule has 2 nitrogen and oxygen atoms in total. The van der Waals surface area contributed by atoms with Crippen LogP contribution < -0.4 is 0 Å². The molecule has 0 N–H and O–H groups in total. The summed E-state index contributed by atoms with van der Waals surface area (Å²) >= 11 is 11.6. The SMILES string of the molecule is Cc1cccc2c1nc(C(C)Cl)n2Cc1cc(Br)cs1. The summed E-state index contributed by atoms with van der Waals surface area (Å²) in [5.41, 5.74) is 3.38. The van der Waals surface area contributed by atoms with Crippen LogP contribution in [0.1, 0.15) is 28.6 Å². The number of aromatic nitrogens is 2. The van der Waals surface area contributed by atoms with Crippen molar-refractivity contribution in [1.82, 2.24) is 9.55 Å². The fourth-order valence-corrected chi connectivity index (χ4v) is 3.97. The zero-order valence-electron chi connectivity index (χ0n) is 11.2. The second-order valence-corrected chi connectivity index (χ2v) is 7.41. The van der Waals surface area contributed by atoms with Crippen molar-refractivity contribution in [2.24, 2.45) is 0 Å². The summed E-state index contributed by atoms with van der Waals surface area (Å²) in [5.74, 6) is 0.931. The van der Waals surface area contributed by atoms with E-state index >= 15 is 0 Å². The van der Waals surface area contributed by atoms with E-state index in [1.807, 2.05) is 6.92 Å². The third kappa shape index (κ3) is 2.52. The summed E-state index contributed by atoms with van der Waals surface area (Å²) in [4.78, 5) is 6.03. The van der Waals surface area contributed by atoms with E-state index in [-0.39, 0.29) is 5.38 Å². The maximum atomic E-state index is 6.31. The molecule has 3 rings (SSSR count). The molecule has 0 aliphatic heterocycles. The van der Waals surface area contributed by atoms with Crippen LogP contribution in [0.4, 0.5) is 0 Å². The number of nitrogens with zero attached hydrogens (tertiary/aromatic N) is 2. The number of hydrogen-bond acceptors (Lipinski definition) is 2. The van der Waals surface area contributed by atoms with E-state index in [2.05, 4.69) is 57.1 Å². The van der Waals surface area contributed by atoms with E-state index in [4.69, 9.17) is 16.6 Å². The van der Waals surface area contributed by atoms with Crippen LogP contribution in [0, 0.1) is 6.92 Å². The molecule has 20 heavy (non-hydrogen) atoms. The molecule has 0 aliphatic carbocycles. The molecule has 3 aromatic rings. The largest absolute Gasteiger partial charge is 0.321 e. The molecule has 1 aromatic carbocycles. The summed E-state index contributed by atoms with van der Waals surface area (Å²) < 4.78 is 3.34. The third-order valence-electron chi connectivity index (χ3n) is 3.30. The molecule has 5 heteroatoms. The number of para-hydroxylation sites is 1. The number of aryl methyl sites for hydroxylation is 1. The minimum absolute atomic E-state index is 0.106. The molecule has 0 bridgehead atoms. The minimum Gasteiger partial charge on any atom is -0.321 e. The van der Waals surface area contributed by atoms with Crippen molar-refractivity contribution < 1.29 is 0 Å². The predicted octanol–water partition coefficient (Wildman–Crippen LogP) is 5.52. The number of benzene rings is 1. The van der Waals surface area contributed by atoms with Crippen molar-refractivity contribution in [1.29, 1.82) is 0 Å². The lowest BCUT2D eigenvalue weighted by Gasteiger charge is -2.09. The Hall–Kier alpha value is -0.840. The van der Waals surface area contributed by atoms with Gasteiger partial charge < -0.3 is 4.57 Å². The van der Waals surface area contributed by atoms with Crippen LogP contribution in [0.3, 0.4) is 0 Å². The number of thiophene rings is 1. The van der Waals surface area contributed by atoms with Gasteiger partial charge in [-0.05, 0) is 47.5 Å². The van der Waals surface area contributed by atoms with Crippen molar-refractivity contribution in [2.75, 3.05) is 0 Å². The highest BCUT2D eigenvalue weighted by atomic mass is 79.9. The molecule has 1 atom stereocenters. The molecule has 2 aromatic heterocycles. The van der Waals surface area contributed by atoms with Crippen LogP contribution in [0.25, 0.3) is 11.0 Å². The van der Waals surface area contributed by atoms with Crippen molar-refractivity contribution in [3.05, 3.63) is 50.4 Å². The second-order valence-electron chi connectivity index (χ2n) is 4.85. The zero-order valence-corrected chi connectivity index (χ0v) is 14.4. The van der Waals surface area contributed by atoms with Crippen LogP contribution >= 0.6 is 38.9 Å². The highest BCUT2D eigenvalue weighted by Crippen LogP contribution is 2.29. The molecule has 0 saturated heterocycles.